The highest BCUT2D eigenvalue weighted by atomic mass is 32.2. The summed E-state index contributed by atoms with van der Waals surface area (Å²) in [5.74, 6) is 3.35. The molecule has 2 saturated heterocycles. The van der Waals surface area contributed by atoms with Crippen LogP contribution in [0.25, 0.3) is 17.4 Å². The molecule has 12 nitrogen and oxygen atoms in total. The van der Waals surface area contributed by atoms with Crippen LogP contribution in [-0.2, 0) is 11.2 Å². The van der Waals surface area contributed by atoms with E-state index in [0.29, 0.717) is 52.8 Å². The van der Waals surface area contributed by atoms with E-state index in [2.05, 4.69) is 35.2 Å². The molecule has 0 spiro atoms. The highest BCUT2D eigenvalue weighted by Gasteiger charge is 2.24. The lowest BCUT2D eigenvalue weighted by Crippen LogP contribution is -2.48. The lowest BCUT2D eigenvalue weighted by Gasteiger charge is -2.36. The molecule has 39 heavy (non-hydrogen) atoms. The molecule has 0 aliphatic carbocycles. The van der Waals surface area contributed by atoms with Crippen molar-refractivity contribution in [2.24, 2.45) is 0 Å². The van der Waals surface area contributed by atoms with Gasteiger partial charge in [-0.3, -0.25) is 4.90 Å². The Morgan fingerprint density at radius 1 is 1.13 bits per heavy atom. The number of ether oxygens (including phenoxy) is 1. The van der Waals surface area contributed by atoms with E-state index < -0.39 is 11.2 Å². The Morgan fingerprint density at radius 2 is 1.95 bits per heavy atom. The van der Waals surface area contributed by atoms with Crippen LogP contribution in [0.4, 0.5) is 22.0 Å². The van der Waals surface area contributed by atoms with Crippen molar-refractivity contribution in [2.45, 2.75) is 18.9 Å². The lowest BCUT2D eigenvalue weighted by atomic mass is 10.2. The van der Waals surface area contributed by atoms with Crippen molar-refractivity contribution in [3.05, 3.63) is 42.4 Å². The Hall–Kier alpha value is -3.62. The third kappa shape index (κ3) is 5.87. The molecule has 6 rings (SSSR count). The molecule has 4 aromatic rings. The van der Waals surface area contributed by atoms with Gasteiger partial charge in [0.05, 0.1) is 12.0 Å². The summed E-state index contributed by atoms with van der Waals surface area (Å²) >= 11 is -0.744. The number of rotatable bonds is 8. The monoisotopic (exact) mass is 555 g/mol. The fourth-order valence-corrected chi connectivity index (χ4v) is 6.09. The molecule has 0 unspecified atom stereocenters. The number of nitrogens with zero attached hydrogens (tertiary/aromatic N) is 7. The van der Waals surface area contributed by atoms with Crippen molar-refractivity contribution in [3.63, 3.8) is 0 Å². The molecule has 0 atom stereocenters. The summed E-state index contributed by atoms with van der Waals surface area (Å²) in [7, 11) is 0. The summed E-state index contributed by atoms with van der Waals surface area (Å²) in [6.45, 7) is 4.43. The van der Waals surface area contributed by atoms with Crippen molar-refractivity contribution in [1.29, 1.82) is 0 Å². The van der Waals surface area contributed by atoms with Gasteiger partial charge in [0.1, 0.15) is 29.2 Å². The van der Waals surface area contributed by atoms with E-state index in [1.54, 1.807) is 24.5 Å². The van der Waals surface area contributed by atoms with E-state index in [-0.39, 0.29) is 17.9 Å². The van der Waals surface area contributed by atoms with Gasteiger partial charge < -0.3 is 29.7 Å². The number of halogens is 1. The quantitative estimate of drug-likeness (QED) is 0.308. The summed E-state index contributed by atoms with van der Waals surface area (Å²) in [4.78, 5) is 17.4. The average Bonchev–Trinajstić information content (AvgIpc) is 3.61. The maximum Gasteiger partial charge on any atom is 0.259 e. The molecular weight excluding hydrogens is 525 g/mol. The molecule has 2 aliphatic heterocycles. The normalized spacial score (nSPS) is 20.4. The zero-order valence-corrected chi connectivity index (χ0v) is 22.1. The van der Waals surface area contributed by atoms with Crippen LogP contribution in [0.3, 0.4) is 0 Å². The number of fused-ring (bicyclic) bond motifs is 1. The number of nitrogens with two attached hydrogens (primary N) is 1. The number of aromatic nitrogens is 5. The van der Waals surface area contributed by atoms with Gasteiger partial charge in [-0.2, -0.15) is 19.5 Å². The number of piperazine rings is 1. The molecule has 0 bridgehead atoms. The third-order valence-electron chi connectivity index (χ3n) is 6.96. The van der Waals surface area contributed by atoms with Crippen LogP contribution in [0.5, 0.6) is 5.75 Å². The number of furan rings is 1. The second-order valence-electron chi connectivity index (χ2n) is 9.56. The zero-order chi connectivity index (χ0) is 26.8. The summed E-state index contributed by atoms with van der Waals surface area (Å²) in [5.41, 5.74) is 6.64. The lowest BCUT2D eigenvalue weighted by molar-refractivity contribution is 0.189. The summed E-state index contributed by atoms with van der Waals surface area (Å²) in [6, 6.07) is 8.61. The van der Waals surface area contributed by atoms with Gasteiger partial charge in [0, 0.05) is 58.2 Å². The standard InChI is InChI=1S/C25H30FN9O3S/c26-19-16-18(38-17-5-14-39(36)15-6-17)3-4-20(19)34-11-9-33(10-12-34)8-7-28-24-30-23(27)35-25(31-24)29-22(32-35)21-2-1-13-37-21/h1-4,13,16-17H,5-12,14-15H2,(H3,27,28,29,30,31,32). The first-order valence-corrected chi connectivity index (χ1v) is 14.5. The van der Waals surface area contributed by atoms with E-state index in [1.807, 2.05) is 6.07 Å². The Morgan fingerprint density at radius 3 is 2.69 bits per heavy atom. The van der Waals surface area contributed by atoms with Crippen LogP contribution < -0.4 is 20.7 Å². The highest BCUT2D eigenvalue weighted by molar-refractivity contribution is 7.91. The predicted octanol–water partition coefficient (Wildman–Crippen LogP) is 2.02. The smallest absolute Gasteiger partial charge is 0.259 e. The molecule has 5 heterocycles. The third-order valence-corrected chi connectivity index (χ3v) is 8.34. The second-order valence-corrected chi connectivity index (χ2v) is 11.3. The van der Waals surface area contributed by atoms with Gasteiger partial charge in [-0.05, 0) is 24.3 Å². The van der Waals surface area contributed by atoms with E-state index in [9.17, 15) is 8.94 Å². The predicted molar refractivity (Wildman–Crippen MR) is 146 cm³/mol. The van der Waals surface area contributed by atoms with Crippen molar-refractivity contribution in [3.8, 4) is 17.3 Å². The van der Waals surface area contributed by atoms with Gasteiger partial charge in [0.2, 0.25) is 17.7 Å². The number of benzene rings is 1. The number of nitrogens with one attached hydrogen (secondary N) is 1. The number of hydrogen-bond donors (Lipinski definition) is 2. The Bertz CT molecular complexity index is 1400. The fourth-order valence-electron chi connectivity index (χ4n) is 4.83. The highest BCUT2D eigenvalue weighted by Crippen LogP contribution is 2.27. The van der Waals surface area contributed by atoms with Crippen molar-refractivity contribution >= 4 is 34.5 Å². The van der Waals surface area contributed by atoms with Gasteiger partial charge >= 0.3 is 0 Å². The molecule has 0 saturated carbocycles. The molecule has 3 aromatic heterocycles. The molecule has 0 radical (unpaired) electrons. The summed E-state index contributed by atoms with van der Waals surface area (Å²) in [5, 5.41) is 7.51. The molecule has 0 amide bonds. The number of hydrogen-bond acceptors (Lipinski definition) is 11. The van der Waals surface area contributed by atoms with E-state index in [1.165, 1.54) is 10.6 Å². The molecule has 14 heteroatoms. The van der Waals surface area contributed by atoms with Crippen LogP contribution >= 0.6 is 0 Å². The molecular formula is C25H30FN9O3S. The van der Waals surface area contributed by atoms with Crippen LogP contribution in [0.2, 0.25) is 0 Å². The van der Waals surface area contributed by atoms with Crippen LogP contribution in [-0.4, -0.2) is 90.9 Å². The van der Waals surface area contributed by atoms with Crippen molar-refractivity contribution in [1.82, 2.24) is 29.5 Å². The molecule has 206 valence electrons. The van der Waals surface area contributed by atoms with Gasteiger partial charge in [-0.15, -0.1) is 5.10 Å². The second kappa shape index (κ2) is 11.2. The zero-order valence-electron chi connectivity index (χ0n) is 21.3. The average molecular weight is 556 g/mol. The minimum absolute atomic E-state index is 0.00410. The van der Waals surface area contributed by atoms with Gasteiger partial charge in [0.15, 0.2) is 5.76 Å². The first-order valence-electron chi connectivity index (χ1n) is 13.0. The maximum atomic E-state index is 14.9. The van der Waals surface area contributed by atoms with Crippen molar-refractivity contribution < 1.29 is 18.1 Å². The Balaban J connectivity index is 0.985. The number of nitrogen functional groups attached to an aromatic ring is 1. The minimum Gasteiger partial charge on any atom is -0.616 e. The summed E-state index contributed by atoms with van der Waals surface area (Å²) in [6.07, 6.45) is 3.04. The van der Waals surface area contributed by atoms with Gasteiger partial charge in [-0.1, -0.05) is 11.2 Å². The first kappa shape index (κ1) is 25.6. The van der Waals surface area contributed by atoms with E-state index in [0.717, 1.165) is 45.6 Å². The fraction of sp³-hybridized carbons (Fsp3) is 0.440. The largest absolute Gasteiger partial charge is 0.616 e. The number of anilines is 3. The van der Waals surface area contributed by atoms with Crippen LogP contribution in [0.15, 0.2) is 41.0 Å². The first-order chi connectivity index (χ1) is 19.0. The SMILES string of the molecule is Nc1nc(NCCN2CCN(c3ccc(OC4CC[S+]([O-])CC4)cc3F)CC2)nc2nc(-c3ccco3)nn12. The van der Waals surface area contributed by atoms with E-state index in [4.69, 9.17) is 14.9 Å². The molecule has 1 aromatic carbocycles. The molecule has 2 fully saturated rings. The van der Waals surface area contributed by atoms with Crippen LogP contribution in [0, 0.1) is 5.82 Å². The maximum absolute atomic E-state index is 14.9. The topological polar surface area (TPSA) is 146 Å². The summed E-state index contributed by atoms with van der Waals surface area (Å²) < 4.78 is 39.1. The van der Waals surface area contributed by atoms with Crippen LogP contribution in [0.1, 0.15) is 12.8 Å². The van der Waals surface area contributed by atoms with E-state index >= 15 is 0 Å². The molecule has 3 N–H and O–H groups in total. The Kier molecular flexibility index (Phi) is 7.39. The Labute approximate surface area is 227 Å². The minimum atomic E-state index is -0.744. The van der Waals surface area contributed by atoms with Gasteiger partial charge in [-0.25, -0.2) is 4.39 Å². The molecule has 2 aliphatic rings. The van der Waals surface area contributed by atoms with Gasteiger partial charge in [0.25, 0.3) is 5.78 Å². The van der Waals surface area contributed by atoms with Crippen molar-refractivity contribution in [2.75, 3.05) is 66.7 Å².